The Bertz CT molecular complexity index is 687. The molecular weight excluding hydrogens is 230 g/mol. The fourth-order valence-electron chi connectivity index (χ4n) is 2.38. The summed E-state index contributed by atoms with van der Waals surface area (Å²) in [6.45, 7) is 3.73. The van der Waals surface area contributed by atoms with Crippen molar-refractivity contribution in [3.05, 3.63) is 28.2 Å². The maximum atomic E-state index is 12.4. The lowest BCUT2D eigenvalue weighted by molar-refractivity contribution is 0.302. The molecule has 3 heterocycles. The van der Waals surface area contributed by atoms with Crippen LogP contribution in [0.5, 0.6) is 0 Å². The van der Waals surface area contributed by atoms with Crippen molar-refractivity contribution >= 4 is 17.0 Å². The van der Waals surface area contributed by atoms with Gasteiger partial charge in [-0.05, 0) is 6.07 Å². The second-order valence-electron chi connectivity index (χ2n) is 5.09. The summed E-state index contributed by atoms with van der Waals surface area (Å²) in [5.74, 6) is 0.182. The molecule has 6 heteroatoms. The SMILES string of the molecule is Cn1c(=O)c(C2(C)CNC2)cc2cnc(N)nc21. The van der Waals surface area contributed by atoms with Crippen LogP contribution < -0.4 is 16.6 Å². The normalized spacial score (nSPS) is 17.7. The Kier molecular flexibility index (Phi) is 2.18. The number of anilines is 1. The van der Waals surface area contributed by atoms with Gasteiger partial charge in [0.1, 0.15) is 5.65 Å². The molecule has 0 aromatic carbocycles. The first-order chi connectivity index (χ1) is 8.51. The van der Waals surface area contributed by atoms with E-state index in [-0.39, 0.29) is 16.9 Å². The molecule has 1 fully saturated rings. The number of nitrogen functional groups attached to an aromatic ring is 1. The number of rotatable bonds is 1. The number of aromatic nitrogens is 3. The van der Waals surface area contributed by atoms with E-state index in [0.29, 0.717) is 5.65 Å². The second kappa shape index (κ2) is 3.52. The first-order valence-corrected chi connectivity index (χ1v) is 5.85. The molecule has 0 saturated carbocycles. The molecule has 2 aromatic heterocycles. The third kappa shape index (κ3) is 1.42. The van der Waals surface area contributed by atoms with Gasteiger partial charge in [-0.15, -0.1) is 0 Å². The molecule has 2 aromatic rings. The molecule has 3 rings (SSSR count). The highest BCUT2D eigenvalue weighted by molar-refractivity contribution is 5.76. The lowest BCUT2D eigenvalue weighted by Crippen LogP contribution is -2.57. The molecule has 1 saturated heterocycles. The van der Waals surface area contributed by atoms with Gasteiger partial charge in [0.05, 0.1) is 0 Å². The van der Waals surface area contributed by atoms with Crippen LogP contribution in [-0.2, 0) is 12.5 Å². The summed E-state index contributed by atoms with van der Waals surface area (Å²) < 4.78 is 1.55. The number of pyridine rings is 1. The van der Waals surface area contributed by atoms with Crippen molar-refractivity contribution in [3.63, 3.8) is 0 Å². The average Bonchev–Trinajstić information content (AvgIpc) is 2.31. The Labute approximate surface area is 104 Å². The van der Waals surface area contributed by atoms with Gasteiger partial charge in [0.15, 0.2) is 0 Å². The van der Waals surface area contributed by atoms with Crippen molar-refractivity contribution in [2.45, 2.75) is 12.3 Å². The van der Waals surface area contributed by atoms with Crippen LogP contribution in [0.1, 0.15) is 12.5 Å². The zero-order chi connectivity index (χ0) is 12.9. The molecule has 0 spiro atoms. The number of nitrogens with zero attached hydrogens (tertiary/aromatic N) is 3. The number of aryl methyl sites for hydroxylation is 1. The Hall–Kier alpha value is -1.95. The molecule has 0 unspecified atom stereocenters. The van der Waals surface area contributed by atoms with Gasteiger partial charge in [-0.2, -0.15) is 4.98 Å². The summed E-state index contributed by atoms with van der Waals surface area (Å²) in [5, 5.41) is 4.05. The first kappa shape index (κ1) is 11.2. The summed E-state index contributed by atoms with van der Waals surface area (Å²) >= 11 is 0. The zero-order valence-corrected chi connectivity index (χ0v) is 10.4. The number of hydrogen-bond acceptors (Lipinski definition) is 5. The smallest absolute Gasteiger partial charge is 0.255 e. The quantitative estimate of drug-likeness (QED) is 0.725. The van der Waals surface area contributed by atoms with Gasteiger partial charge in [0.2, 0.25) is 5.95 Å². The second-order valence-corrected chi connectivity index (χ2v) is 5.09. The maximum absolute atomic E-state index is 12.4. The van der Waals surface area contributed by atoms with E-state index < -0.39 is 0 Å². The first-order valence-electron chi connectivity index (χ1n) is 5.85. The van der Waals surface area contributed by atoms with Crippen molar-refractivity contribution in [3.8, 4) is 0 Å². The molecule has 0 bridgehead atoms. The van der Waals surface area contributed by atoms with Crippen LogP contribution >= 0.6 is 0 Å². The van der Waals surface area contributed by atoms with E-state index in [1.54, 1.807) is 17.8 Å². The predicted molar refractivity (Wildman–Crippen MR) is 69.4 cm³/mol. The van der Waals surface area contributed by atoms with Crippen LogP contribution in [-0.4, -0.2) is 27.6 Å². The van der Waals surface area contributed by atoms with E-state index in [9.17, 15) is 4.79 Å². The van der Waals surface area contributed by atoms with Crippen molar-refractivity contribution in [2.75, 3.05) is 18.8 Å². The van der Waals surface area contributed by atoms with Crippen LogP contribution in [0.4, 0.5) is 5.95 Å². The molecule has 6 nitrogen and oxygen atoms in total. The number of hydrogen-bond donors (Lipinski definition) is 2. The van der Waals surface area contributed by atoms with Crippen LogP contribution in [0.25, 0.3) is 11.0 Å². The molecule has 0 amide bonds. The minimum Gasteiger partial charge on any atom is -0.368 e. The van der Waals surface area contributed by atoms with Crippen molar-refractivity contribution < 1.29 is 0 Å². The van der Waals surface area contributed by atoms with E-state index >= 15 is 0 Å². The summed E-state index contributed by atoms with van der Waals surface area (Å²) in [6.07, 6.45) is 1.66. The Morgan fingerprint density at radius 1 is 1.50 bits per heavy atom. The molecule has 1 aliphatic heterocycles. The third-order valence-electron chi connectivity index (χ3n) is 3.65. The fourth-order valence-corrected chi connectivity index (χ4v) is 2.38. The van der Waals surface area contributed by atoms with Gasteiger partial charge >= 0.3 is 0 Å². The standard InChI is InChI=1S/C12H15N5O/c1-12(5-14-6-12)8-3-7-4-15-11(13)16-9(7)17(2)10(8)18/h3-4,14H,5-6H2,1-2H3,(H2,13,15,16). The highest BCUT2D eigenvalue weighted by atomic mass is 16.1. The lowest BCUT2D eigenvalue weighted by Gasteiger charge is -2.39. The van der Waals surface area contributed by atoms with E-state index in [0.717, 1.165) is 24.0 Å². The van der Waals surface area contributed by atoms with Crippen molar-refractivity contribution in [1.82, 2.24) is 19.9 Å². The summed E-state index contributed by atoms with van der Waals surface area (Å²) in [7, 11) is 1.72. The Balaban J connectivity index is 2.33. The number of nitrogens with two attached hydrogens (primary N) is 1. The van der Waals surface area contributed by atoms with E-state index in [4.69, 9.17) is 5.73 Å². The molecule has 1 aliphatic rings. The number of nitrogens with one attached hydrogen (secondary N) is 1. The predicted octanol–water partition coefficient (Wildman–Crippen LogP) is -0.228. The van der Waals surface area contributed by atoms with Crippen LogP contribution in [0.15, 0.2) is 17.1 Å². The van der Waals surface area contributed by atoms with Crippen molar-refractivity contribution in [2.24, 2.45) is 7.05 Å². The Morgan fingerprint density at radius 3 is 2.83 bits per heavy atom. The van der Waals surface area contributed by atoms with E-state index in [1.807, 2.05) is 6.07 Å². The maximum Gasteiger partial charge on any atom is 0.255 e. The topological polar surface area (TPSA) is 85.8 Å². The largest absolute Gasteiger partial charge is 0.368 e. The fraction of sp³-hybridized carbons (Fsp3) is 0.417. The summed E-state index contributed by atoms with van der Waals surface area (Å²) in [6, 6.07) is 1.89. The van der Waals surface area contributed by atoms with Gasteiger partial charge in [0.25, 0.3) is 5.56 Å². The van der Waals surface area contributed by atoms with Gasteiger partial charge < -0.3 is 11.1 Å². The van der Waals surface area contributed by atoms with Gasteiger partial charge in [-0.25, -0.2) is 4.98 Å². The summed E-state index contributed by atoms with van der Waals surface area (Å²) in [4.78, 5) is 20.5. The third-order valence-corrected chi connectivity index (χ3v) is 3.65. The van der Waals surface area contributed by atoms with Gasteiger partial charge in [-0.3, -0.25) is 9.36 Å². The molecule has 94 valence electrons. The van der Waals surface area contributed by atoms with E-state index in [2.05, 4.69) is 22.2 Å². The lowest BCUT2D eigenvalue weighted by atomic mass is 9.77. The Morgan fingerprint density at radius 2 is 2.22 bits per heavy atom. The van der Waals surface area contributed by atoms with Crippen LogP contribution in [0, 0.1) is 0 Å². The van der Waals surface area contributed by atoms with Crippen LogP contribution in [0.3, 0.4) is 0 Å². The minimum atomic E-state index is -0.0928. The highest BCUT2D eigenvalue weighted by Crippen LogP contribution is 2.26. The summed E-state index contributed by atoms with van der Waals surface area (Å²) in [5.41, 5.74) is 6.84. The molecule has 0 atom stereocenters. The average molecular weight is 245 g/mol. The molecule has 18 heavy (non-hydrogen) atoms. The highest BCUT2D eigenvalue weighted by Gasteiger charge is 2.36. The van der Waals surface area contributed by atoms with Gasteiger partial charge in [-0.1, -0.05) is 6.92 Å². The molecule has 0 radical (unpaired) electrons. The monoisotopic (exact) mass is 245 g/mol. The molecular formula is C12H15N5O. The minimum absolute atomic E-state index is 0.00963. The van der Waals surface area contributed by atoms with Gasteiger partial charge in [0, 0.05) is 42.7 Å². The number of fused-ring (bicyclic) bond motifs is 1. The van der Waals surface area contributed by atoms with Crippen molar-refractivity contribution in [1.29, 1.82) is 0 Å². The van der Waals surface area contributed by atoms with Crippen LogP contribution in [0.2, 0.25) is 0 Å². The molecule has 0 aliphatic carbocycles. The van der Waals surface area contributed by atoms with E-state index in [1.165, 1.54) is 0 Å². The zero-order valence-electron chi connectivity index (χ0n) is 10.4. The molecule has 3 N–H and O–H groups in total.